The van der Waals surface area contributed by atoms with Crippen LogP contribution in [-0.2, 0) is 9.53 Å². The van der Waals surface area contributed by atoms with Gasteiger partial charge in [-0.25, -0.2) is 4.79 Å². The van der Waals surface area contributed by atoms with E-state index in [1.807, 2.05) is 6.92 Å². The number of halogens is 1. The molecule has 8 nitrogen and oxygen atoms in total. The molecule has 0 spiro atoms. The van der Waals surface area contributed by atoms with Gasteiger partial charge in [-0.1, -0.05) is 15.9 Å². The molecule has 0 aliphatic carbocycles. The van der Waals surface area contributed by atoms with Crippen molar-refractivity contribution in [3.8, 4) is 17.6 Å². The smallest absolute Gasteiger partial charge is 0.344 e. The van der Waals surface area contributed by atoms with Crippen LogP contribution in [0, 0.1) is 21.4 Å². The highest BCUT2D eigenvalue weighted by Gasteiger charge is 2.14. The maximum atomic E-state index is 11.6. The van der Waals surface area contributed by atoms with Crippen LogP contribution < -0.4 is 9.47 Å². The molecular weight excluding hydrogens is 456 g/mol. The minimum absolute atomic E-state index is 0.0565. The number of allylic oxidation sites excluding steroid dienone is 1. The van der Waals surface area contributed by atoms with Crippen LogP contribution in [0.5, 0.6) is 11.5 Å². The number of carbonyl (C=O) groups is 1. The molecule has 0 saturated heterocycles. The number of ether oxygens (including phenoxy) is 3. The normalized spacial score (nSPS) is 10.8. The average Bonchev–Trinajstić information content (AvgIpc) is 2.73. The molecule has 0 N–H and O–H groups in total. The molecule has 2 aromatic rings. The van der Waals surface area contributed by atoms with Crippen molar-refractivity contribution in [3.63, 3.8) is 0 Å². The molecule has 0 aliphatic heterocycles. The summed E-state index contributed by atoms with van der Waals surface area (Å²) in [6, 6.07) is 11.1. The Kier molecular flexibility index (Phi) is 8.38. The molecule has 0 aromatic heterocycles. The lowest BCUT2D eigenvalue weighted by molar-refractivity contribution is -0.384. The zero-order chi connectivity index (χ0) is 22.1. The van der Waals surface area contributed by atoms with Crippen molar-refractivity contribution in [2.24, 2.45) is 0 Å². The lowest BCUT2D eigenvalue weighted by Crippen LogP contribution is -2.15. The minimum atomic E-state index is -0.500. The Morgan fingerprint density at radius 2 is 1.83 bits per heavy atom. The number of carbonyl (C=O) groups excluding carboxylic acids is 1. The third kappa shape index (κ3) is 6.06. The van der Waals surface area contributed by atoms with Gasteiger partial charge in [-0.3, -0.25) is 10.1 Å². The van der Waals surface area contributed by atoms with Gasteiger partial charge in [0.25, 0.3) is 5.69 Å². The van der Waals surface area contributed by atoms with E-state index >= 15 is 0 Å². The maximum Gasteiger partial charge on any atom is 0.344 e. The molecule has 9 heteroatoms. The SMILES string of the molecule is CCOC(=O)COc1cc(Br)c(/C=C(/C#N)c2ccc([N+](=O)[O-])cc2)cc1OCC. The number of hydrogen-bond acceptors (Lipinski definition) is 7. The second-order valence-corrected chi connectivity index (χ2v) is 6.68. The molecular formula is C21H19BrN2O6. The zero-order valence-corrected chi connectivity index (χ0v) is 18.0. The van der Waals surface area contributed by atoms with E-state index in [1.165, 1.54) is 24.3 Å². The van der Waals surface area contributed by atoms with Gasteiger partial charge in [0.05, 0.1) is 29.8 Å². The largest absolute Gasteiger partial charge is 0.490 e. The molecule has 0 fully saturated rings. The van der Waals surface area contributed by atoms with Gasteiger partial charge < -0.3 is 14.2 Å². The van der Waals surface area contributed by atoms with Crippen molar-refractivity contribution in [3.05, 3.63) is 62.1 Å². The summed E-state index contributed by atoms with van der Waals surface area (Å²) >= 11 is 3.44. The van der Waals surface area contributed by atoms with Gasteiger partial charge in [0.1, 0.15) is 0 Å². The van der Waals surface area contributed by atoms with Crippen LogP contribution in [0.4, 0.5) is 5.69 Å². The monoisotopic (exact) mass is 474 g/mol. The van der Waals surface area contributed by atoms with Crippen LogP contribution in [0.25, 0.3) is 11.6 Å². The van der Waals surface area contributed by atoms with Crippen molar-refractivity contribution >= 4 is 39.2 Å². The standard InChI is InChI=1S/C21H19BrN2O6/c1-3-28-19-10-15(18(22)11-20(19)30-13-21(25)29-4-2)9-16(12-23)14-5-7-17(8-6-14)24(26)27/h5-11H,3-4,13H2,1-2H3/b16-9-. The van der Waals surface area contributed by atoms with E-state index in [0.717, 1.165) is 0 Å². The minimum Gasteiger partial charge on any atom is -0.490 e. The van der Waals surface area contributed by atoms with Gasteiger partial charge in [-0.2, -0.15) is 5.26 Å². The fourth-order valence-electron chi connectivity index (χ4n) is 2.48. The van der Waals surface area contributed by atoms with Gasteiger partial charge >= 0.3 is 5.97 Å². The van der Waals surface area contributed by atoms with E-state index in [2.05, 4.69) is 22.0 Å². The number of nitriles is 1. The molecule has 2 rings (SSSR count). The number of nitro benzene ring substituents is 1. The Labute approximate surface area is 181 Å². The third-order valence-corrected chi connectivity index (χ3v) is 4.51. The summed E-state index contributed by atoms with van der Waals surface area (Å²) in [7, 11) is 0. The van der Waals surface area contributed by atoms with Crippen LogP contribution in [0.2, 0.25) is 0 Å². The fourth-order valence-corrected chi connectivity index (χ4v) is 2.92. The first kappa shape index (κ1) is 22.9. The molecule has 0 aliphatic rings. The van der Waals surface area contributed by atoms with Crippen LogP contribution in [0.3, 0.4) is 0 Å². The first-order valence-electron chi connectivity index (χ1n) is 9.01. The molecule has 2 aromatic carbocycles. The molecule has 0 heterocycles. The van der Waals surface area contributed by atoms with Gasteiger partial charge in [0.15, 0.2) is 18.1 Å². The van der Waals surface area contributed by atoms with Crippen LogP contribution >= 0.6 is 15.9 Å². The summed E-state index contributed by atoms with van der Waals surface area (Å²) in [5.41, 5.74) is 1.43. The van der Waals surface area contributed by atoms with Crippen LogP contribution in [-0.4, -0.2) is 30.7 Å². The quantitative estimate of drug-likeness (QED) is 0.169. The van der Waals surface area contributed by atoms with Crippen molar-refractivity contribution in [2.75, 3.05) is 19.8 Å². The maximum absolute atomic E-state index is 11.6. The number of hydrogen-bond donors (Lipinski definition) is 0. The highest BCUT2D eigenvalue weighted by molar-refractivity contribution is 9.10. The van der Waals surface area contributed by atoms with Crippen molar-refractivity contribution in [1.82, 2.24) is 0 Å². The summed E-state index contributed by atoms with van der Waals surface area (Å²) in [4.78, 5) is 21.9. The molecule has 0 saturated carbocycles. The molecule has 0 radical (unpaired) electrons. The highest BCUT2D eigenvalue weighted by atomic mass is 79.9. The van der Waals surface area contributed by atoms with Crippen molar-refractivity contribution < 1.29 is 23.9 Å². The Bertz CT molecular complexity index is 996. The number of nitro groups is 1. The highest BCUT2D eigenvalue weighted by Crippen LogP contribution is 2.36. The summed E-state index contributed by atoms with van der Waals surface area (Å²) in [5, 5.41) is 20.4. The number of nitrogens with zero attached hydrogens (tertiary/aromatic N) is 2. The van der Waals surface area contributed by atoms with Crippen molar-refractivity contribution in [1.29, 1.82) is 5.26 Å². The Morgan fingerprint density at radius 1 is 1.17 bits per heavy atom. The molecule has 30 heavy (non-hydrogen) atoms. The van der Waals surface area contributed by atoms with E-state index in [-0.39, 0.29) is 18.9 Å². The Morgan fingerprint density at radius 3 is 2.40 bits per heavy atom. The Balaban J connectivity index is 2.37. The average molecular weight is 475 g/mol. The van der Waals surface area contributed by atoms with E-state index < -0.39 is 10.9 Å². The van der Waals surface area contributed by atoms with Gasteiger partial charge in [-0.05, 0) is 55.3 Å². The van der Waals surface area contributed by atoms with Gasteiger partial charge in [0, 0.05) is 16.6 Å². The summed E-state index contributed by atoms with van der Waals surface area (Å²) in [5.74, 6) is 0.255. The number of esters is 1. The predicted octanol–water partition coefficient (Wildman–Crippen LogP) is 4.76. The van der Waals surface area contributed by atoms with Gasteiger partial charge in [-0.15, -0.1) is 0 Å². The topological polar surface area (TPSA) is 112 Å². The summed E-state index contributed by atoms with van der Waals surface area (Å²) < 4.78 is 16.6. The fraction of sp³-hybridized carbons (Fsp3) is 0.238. The van der Waals surface area contributed by atoms with Crippen LogP contribution in [0.15, 0.2) is 40.9 Å². The van der Waals surface area contributed by atoms with E-state index in [9.17, 15) is 20.2 Å². The Hall–Kier alpha value is -3.38. The second-order valence-electron chi connectivity index (χ2n) is 5.82. The molecule has 0 atom stereocenters. The lowest BCUT2D eigenvalue weighted by atomic mass is 10.0. The summed E-state index contributed by atoms with van der Waals surface area (Å²) in [6.45, 7) is 3.88. The molecule has 0 unspecified atom stereocenters. The first-order valence-corrected chi connectivity index (χ1v) is 9.80. The van der Waals surface area contributed by atoms with Gasteiger partial charge in [0.2, 0.25) is 0 Å². The predicted molar refractivity (Wildman–Crippen MR) is 114 cm³/mol. The van der Waals surface area contributed by atoms with Crippen molar-refractivity contribution in [2.45, 2.75) is 13.8 Å². The lowest BCUT2D eigenvalue weighted by Gasteiger charge is -2.14. The number of non-ortho nitro benzene ring substituents is 1. The molecule has 156 valence electrons. The van der Waals surface area contributed by atoms with Crippen LogP contribution in [0.1, 0.15) is 25.0 Å². The molecule has 0 bridgehead atoms. The number of benzene rings is 2. The van der Waals surface area contributed by atoms with E-state index in [0.29, 0.717) is 39.3 Å². The van der Waals surface area contributed by atoms with E-state index in [1.54, 1.807) is 25.1 Å². The molecule has 0 amide bonds. The third-order valence-electron chi connectivity index (χ3n) is 3.82. The number of rotatable bonds is 9. The first-order chi connectivity index (χ1) is 14.4. The van der Waals surface area contributed by atoms with E-state index in [4.69, 9.17) is 14.2 Å². The zero-order valence-electron chi connectivity index (χ0n) is 16.4. The second kappa shape index (κ2) is 11.0. The summed E-state index contributed by atoms with van der Waals surface area (Å²) in [6.07, 6.45) is 1.63.